The van der Waals surface area contributed by atoms with Crippen LogP contribution in [0.4, 0.5) is 5.00 Å². The first-order chi connectivity index (χ1) is 9.81. The molecule has 2 heterocycles. The van der Waals surface area contributed by atoms with Gasteiger partial charge in [0.1, 0.15) is 16.1 Å². The van der Waals surface area contributed by atoms with Crippen molar-refractivity contribution in [2.75, 3.05) is 5.32 Å². The van der Waals surface area contributed by atoms with Gasteiger partial charge in [0.2, 0.25) is 0 Å². The van der Waals surface area contributed by atoms with Crippen LogP contribution in [0.3, 0.4) is 0 Å². The number of H-pyrrole nitrogens is 1. The summed E-state index contributed by atoms with van der Waals surface area (Å²) in [6, 6.07) is 1.67. The maximum atomic E-state index is 12.2. The Morgan fingerprint density at radius 2 is 1.95 bits per heavy atom. The van der Waals surface area contributed by atoms with Crippen molar-refractivity contribution in [3.8, 4) is 0 Å². The lowest BCUT2D eigenvalue weighted by Gasteiger charge is -2.06. The van der Waals surface area contributed by atoms with Crippen molar-refractivity contribution in [1.29, 1.82) is 0 Å². The van der Waals surface area contributed by atoms with E-state index in [2.05, 4.69) is 14.7 Å². The molecule has 2 aromatic rings. The van der Waals surface area contributed by atoms with Gasteiger partial charge in [-0.2, -0.15) is 4.37 Å². The predicted molar refractivity (Wildman–Crippen MR) is 78.3 cm³/mol. The van der Waals surface area contributed by atoms with Crippen LogP contribution in [-0.2, 0) is 0 Å². The molecule has 0 saturated carbocycles. The SMILES string of the molecule is Cc1cc(C)c(C(=O)Nc2snc(C)c2C(=O)O)c(=O)[nH]1. The average molecular weight is 307 g/mol. The van der Waals surface area contributed by atoms with Crippen molar-refractivity contribution in [2.24, 2.45) is 0 Å². The lowest BCUT2D eigenvalue weighted by atomic mass is 10.1. The monoisotopic (exact) mass is 307 g/mol. The van der Waals surface area contributed by atoms with E-state index in [1.54, 1.807) is 26.8 Å². The molecule has 0 aliphatic heterocycles. The highest BCUT2D eigenvalue weighted by Gasteiger charge is 2.21. The lowest BCUT2D eigenvalue weighted by Crippen LogP contribution is -2.25. The van der Waals surface area contributed by atoms with Gasteiger partial charge in [0.25, 0.3) is 11.5 Å². The number of hydrogen-bond donors (Lipinski definition) is 3. The molecule has 0 aliphatic carbocycles. The number of pyridine rings is 1. The van der Waals surface area contributed by atoms with Crippen molar-refractivity contribution in [3.05, 3.63) is 44.5 Å². The van der Waals surface area contributed by atoms with Gasteiger partial charge >= 0.3 is 5.97 Å². The van der Waals surface area contributed by atoms with E-state index >= 15 is 0 Å². The van der Waals surface area contributed by atoms with E-state index in [1.807, 2.05) is 0 Å². The van der Waals surface area contributed by atoms with Crippen LogP contribution in [0, 0.1) is 20.8 Å². The Bertz CT molecular complexity index is 791. The summed E-state index contributed by atoms with van der Waals surface area (Å²) in [5, 5.41) is 11.7. The van der Waals surface area contributed by atoms with Crippen LogP contribution in [0.2, 0.25) is 0 Å². The summed E-state index contributed by atoms with van der Waals surface area (Å²) in [5.41, 5.74) is 0.874. The Labute approximate surface area is 123 Å². The third kappa shape index (κ3) is 2.84. The van der Waals surface area contributed by atoms with Crippen LogP contribution in [-0.4, -0.2) is 26.3 Å². The minimum Gasteiger partial charge on any atom is -0.478 e. The van der Waals surface area contributed by atoms with E-state index in [0.717, 1.165) is 11.5 Å². The van der Waals surface area contributed by atoms with Crippen LogP contribution >= 0.6 is 11.5 Å². The second-order valence-corrected chi connectivity index (χ2v) is 5.34. The quantitative estimate of drug-likeness (QED) is 0.799. The van der Waals surface area contributed by atoms with Crippen LogP contribution in [0.15, 0.2) is 10.9 Å². The van der Waals surface area contributed by atoms with Gasteiger partial charge in [-0.25, -0.2) is 4.79 Å². The molecule has 7 nitrogen and oxygen atoms in total. The summed E-state index contributed by atoms with van der Waals surface area (Å²) < 4.78 is 3.90. The number of anilines is 1. The van der Waals surface area contributed by atoms with Gasteiger partial charge in [-0.05, 0) is 43.9 Å². The molecule has 2 rings (SSSR count). The number of carbonyl (C=O) groups excluding carboxylic acids is 1. The van der Waals surface area contributed by atoms with Crippen molar-refractivity contribution in [2.45, 2.75) is 20.8 Å². The molecule has 0 saturated heterocycles. The van der Waals surface area contributed by atoms with E-state index in [1.165, 1.54) is 0 Å². The summed E-state index contributed by atoms with van der Waals surface area (Å²) in [6.07, 6.45) is 0. The zero-order chi connectivity index (χ0) is 15.7. The fourth-order valence-electron chi connectivity index (χ4n) is 2.01. The standard InChI is InChI=1S/C13H13N3O4S/c1-5-4-6(2)14-10(17)8(5)11(18)15-12-9(13(19)20)7(3)16-21-12/h4H,1-3H3,(H,14,17)(H,15,18)(H,19,20). The molecule has 2 aromatic heterocycles. The number of aromatic nitrogens is 2. The minimum absolute atomic E-state index is 0.0389. The number of rotatable bonds is 3. The lowest BCUT2D eigenvalue weighted by molar-refractivity contribution is 0.0697. The van der Waals surface area contributed by atoms with Gasteiger partial charge in [-0.1, -0.05) is 0 Å². The molecule has 0 atom stereocenters. The summed E-state index contributed by atoms with van der Waals surface area (Å²) in [7, 11) is 0. The average Bonchev–Trinajstić information content (AvgIpc) is 2.68. The number of nitrogens with zero attached hydrogens (tertiary/aromatic N) is 1. The molecular formula is C13H13N3O4S. The maximum Gasteiger partial charge on any atom is 0.340 e. The highest BCUT2D eigenvalue weighted by molar-refractivity contribution is 7.11. The molecule has 0 spiro atoms. The number of carbonyl (C=O) groups is 2. The highest BCUT2D eigenvalue weighted by Crippen LogP contribution is 2.25. The Morgan fingerprint density at radius 3 is 2.52 bits per heavy atom. The Hall–Kier alpha value is -2.48. The van der Waals surface area contributed by atoms with Gasteiger partial charge < -0.3 is 15.4 Å². The Morgan fingerprint density at radius 1 is 1.29 bits per heavy atom. The Balaban J connectivity index is 2.40. The summed E-state index contributed by atoms with van der Waals surface area (Å²) in [5.74, 6) is -1.83. The van der Waals surface area contributed by atoms with Gasteiger partial charge in [0, 0.05) is 5.69 Å². The molecule has 0 fully saturated rings. The smallest absolute Gasteiger partial charge is 0.340 e. The minimum atomic E-state index is -1.17. The molecule has 110 valence electrons. The highest BCUT2D eigenvalue weighted by atomic mass is 32.1. The Kier molecular flexibility index (Phi) is 3.90. The largest absolute Gasteiger partial charge is 0.478 e. The molecule has 0 radical (unpaired) electrons. The third-order valence-corrected chi connectivity index (χ3v) is 3.75. The second-order valence-electron chi connectivity index (χ2n) is 4.57. The third-order valence-electron chi connectivity index (χ3n) is 2.90. The molecule has 0 unspecified atom stereocenters. The second kappa shape index (κ2) is 5.49. The summed E-state index contributed by atoms with van der Waals surface area (Å²) in [4.78, 5) is 37.8. The number of amides is 1. The fraction of sp³-hybridized carbons (Fsp3) is 0.231. The van der Waals surface area contributed by atoms with Crippen molar-refractivity contribution >= 4 is 28.4 Å². The van der Waals surface area contributed by atoms with Crippen molar-refractivity contribution in [1.82, 2.24) is 9.36 Å². The van der Waals surface area contributed by atoms with Gasteiger partial charge in [0.15, 0.2) is 0 Å². The number of carboxylic acid groups (broad SMARTS) is 1. The zero-order valence-corrected chi connectivity index (χ0v) is 12.4. The molecular weight excluding hydrogens is 294 g/mol. The van der Waals surface area contributed by atoms with Gasteiger partial charge in [-0.3, -0.25) is 9.59 Å². The molecule has 1 amide bonds. The normalized spacial score (nSPS) is 10.4. The molecule has 3 N–H and O–H groups in total. The number of carboxylic acids is 1. The molecule has 8 heteroatoms. The van der Waals surface area contributed by atoms with E-state index in [-0.39, 0.29) is 16.1 Å². The molecule has 0 bridgehead atoms. The number of aromatic carboxylic acids is 1. The number of aryl methyl sites for hydroxylation is 3. The number of nitrogens with one attached hydrogen (secondary N) is 2. The van der Waals surface area contributed by atoms with Crippen molar-refractivity contribution in [3.63, 3.8) is 0 Å². The zero-order valence-electron chi connectivity index (χ0n) is 11.6. The van der Waals surface area contributed by atoms with Crippen molar-refractivity contribution < 1.29 is 14.7 Å². The first-order valence-corrected chi connectivity index (χ1v) is 6.80. The van der Waals surface area contributed by atoms with Gasteiger partial charge in [-0.15, -0.1) is 0 Å². The summed E-state index contributed by atoms with van der Waals surface area (Å²) >= 11 is 0.867. The van der Waals surface area contributed by atoms with Gasteiger partial charge in [0.05, 0.1) is 5.69 Å². The van der Waals surface area contributed by atoms with E-state index in [4.69, 9.17) is 5.11 Å². The van der Waals surface area contributed by atoms with Crippen LogP contribution < -0.4 is 10.9 Å². The van der Waals surface area contributed by atoms with E-state index < -0.39 is 17.4 Å². The number of hydrogen-bond acceptors (Lipinski definition) is 5. The van der Waals surface area contributed by atoms with Crippen LogP contribution in [0.25, 0.3) is 0 Å². The van der Waals surface area contributed by atoms with Crippen LogP contribution in [0.5, 0.6) is 0 Å². The fourth-order valence-corrected chi connectivity index (χ4v) is 2.79. The molecule has 0 aromatic carbocycles. The van der Waals surface area contributed by atoms with E-state index in [0.29, 0.717) is 17.0 Å². The van der Waals surface area contributed by atoms with E-state index in [9.17, 15) is 14.4 Å². The predicted octanol–water partition coefficient (Wildman–Crippen LogP) is 1.71. The maximum absolute atomic E-state index is 12.2. The molecule has 21 heavy (non-hydrogen) atoms. The molecule has 0 aliphatic rings. The first-order valence-electron chi connectivity index (χ1n) is 6.02. The summed E-state index contributed by atoms with van der Waals surface area (Å²) in [6.45, 7) is 4.90. The van der Waals surface area contributed by atoms with Crippen LogP contribution in [0.1, 0.15) is 37.7 Å². The topological polar surface area (TPSA) is 112 Å². The number of aromatic amines is 1. The first kappa shape index (κ1) is 14.9.